The van der Waals surface area contributed by atoms with Gasteiger partial charge in [-0.1, -0.05) is 66.2 Å². The first-order valence-corrected chi connectivity index (χ1v) is 11.5. The summed E-state index contributed by atoms with van der Waals surface area (Å²) in [6.45, 7) is 4.36. The van der Waals surface area contributed by atoms with Gasteiger partial charge in [0.25, 0.3) is 11.0 Å². The summed E-state index contributed by atoms with van der Waals surface area (Å²) in [5.41, 5.74) is 6.70. The molecule has 4 rings (SSSR count). The maximum Gasteiger partial charge on any atom is 0.283 e. The standard InChI is InChI=1S/C28H25NO2S/c1-3-31-28(30)20-32-27-19-24(22-10-6-4-7-11-22)18-26(23-12-8-5-9-13-23)29(27)25-16-14-21(2)15-17-25/h4-20H,3H2,1-2H3/p+1. The van der Waals surface area contributed by atoms with E-state index < -0.39 is 0 Å². The van der Waals surface area contributed by atoms with Crippen LogP contribution in [-0.4, -0.2) is 11.7 Å². The molecule has 0 bridgehead atoms. The Morgan fingerprint density at radius 1 is 0.844 bits per heavy atom. The molecule has 4 aromatic rings. The van der Waals surface area contributed by atoms with Crippen LogP contribution in [0.2, 0.25) is 0 Å². The molecule has 0 aliphatic heterocycles. The van der Waals surface area contributed by atoms with Crippen LogP contribution in [0.3, 0.4) is 0 Å². The van der Waals surface area contributed by atoms with Crippen LogP contribution < -0.4 is 4.57 Å². The lowest BCUT2D eigenvalue weighted by molar-refractivity contribution is -0.624. The Bertz CT molecular complexity index is 1200. The van der Waals surface area contributed by atoms with Gasteiger partial charge in [-0.2, -0.15) is 0 Å². The van der Waals surface area contributed by atoms with E-state index in [4.69, 9.17) is 4.74 Å². The first-order valence-electron chi connectivity index (χ1n) is 10.6. The Labute approximate surface area is 193 Å². The molecule has 32 heavy (non-hydrogen) atoms. The Balaban J connectivity index is 1.97. The van der Waals surface area contributed by atoms with Crippen molar-refractivity contribution in [2.75, 3.05) is 6.61 Å². The molecular weight excluding hydrogens is 414 g/mol. The monoisotopic (exact) mass is 440 g/mol. The summed E-state index contributed by atoms with van der Waals surface area (Å²) in [7, 11) is 0. The van der Waals surface area contributed by atoms with Gasteiger partial charge in [-0.15, -0.1) is 4.57 Å². The van der Waals surface area contributed by atoms with Crippen molar-refractivity contribution in [3.8, 4) is 28.1 Å². The number of aryl methyl sites for hydroxylation is 1. The van der Waals surface area contributed by atoms with Crippen LogP contribution in [0.15, 0.2) is 113 Å². The van der Waals surface area contributed by atoms with Gasteiger partial charge < -0.3 is 9.84 Å². The van der Waals surface area contributed by atoms with Crippen LogP contribution in [0.4, 0.5) is 0 Å². The van der Waals surface area contributed by atoms with E-state index in [0.29, 0.717) is 6.61 Å². The Morgan fingerprint density at radius 3 is 2.09 bits per heavy atom. The molecule has 0 saturated carbocycles. The molecule has 0 radical (unpaired) electrons. The second kappa shape index (κ2) is 10.2. The average molecular weight is 441 g/mol. The van der Waals surface area contributed by atoms with E-state index in [1.165, 1.54) is 17.3 Å². The minimum Gasteiger partial charge on any atom is -0.481 e. The highest BCUT2D eigenvalue weighted by atomic mass is 32.2. The number of aliphatic hydroxyl groups excluding tert-OH is 1. The summed E-state index contributed by atoms with van der Waals surface area (Å²) in [4.78, 5) is 0. The van der Waals surface area contributed by atoms with E-state index >= 15 is 0 Å². The maximum atomic E-state index is 10.1. The number of aromatic nitrogens is 1. The quantitative estimate of drug-likeness (QED) is 0.189. The fraction of sp³-hybridized carbons (Fsp3) is 0.107. The summed E-state index contributed by atoms with van der Waals surface area (Å²) >= 11 is 1.44. The highest BCUT2D eigenvalue weighted by Gasteiger charge is 2.24. The molecule has 3 nitrogen and oxygen atoms in total. The largest absolute Gasteiger partial charge is 0.481 e. The molecule has 0 atom stereocenters. The fourth-order valence-corrected chi connectivity index (χ4v) is 4.32. The second-order valence-electron chi connectivity index (χ2n) is 7.38. The summed E-state index contributed by atoms with van der Waals surface area (Å²) < 4.78 is 7.47. The Morgan fingerprint density at radius 2 is 1.47 bits per heavy atom. The van der Waals surface area contributed by atoms with Crippen LogP contribution in [0.1, 0.15) is 12.5 Å². The fourth-order valence-electron chi connectivity index (χ4n) is 3.53. The van der Waals surface area contributed by atoms with E-state index in [9.17, 15) is 5.11 Å². The second-order valence-corrected chi connectivity index (χ2v) is 8.27. The van der Waals surface area contributed by atoms with Crippen molar-refractivity contribution in [2.24, 2.45) is 0 Å². The minimum atomic E-state index is -0.0840. The van der Waals surface area contributed by atoms with Gasteiger partial charge in [0.2, 0.25) is 11.4 Å². The highest BCUT2D eigenvalue weighted by Crippen LogP contribution is 2.30. The third kappa shape index (κ3) is 5.04. The van der Waals surface area contributed by atoms with Gasteiger partial charge in [0.05, 0.1) is 12.0 Å². The predicted molar refractivity (Wildman–Crippen MR) is 132 cm³/mol. The molecule has 0 unspecified atom stereocenters. The summed E-state index contributed by atoms with van der Waals surface area (Å²) in [6.07, 6.45) is 0. The van der Waals surface area contributed by atoms with Crippen molar-refractivity contribution in [1.82, 2.24) is 0 Å². The van der Waals surface area contributed by atoms with Crippen LogP contribution >= 0.6 is 11.8 Å². The third-order valence-corrected chi connectivity index (χ3v) is 5.94. The number of hydrogen-bond donors (Lipinski definition) is 1. The lowest BCUT2D eigenvalue weighted by Gasteiger charge is -2.11. The Kier molecular flexibility index (Phi) is 6.93. The molecule has 0 spiro atoms. The molecule has 0 aliphatic carbocycles. The summed E-state index contributed by atoms with van der Waals surface area (Å²) in [5, 5.41) is 12.7. The van der Waals surface area contributed by atoms with Gasteiger partial charge in [0.1, 0.15) is 0 Å². The number of rotatable bonds is 7. The van der Waals surface area contributed by atoms with Crippen LogP contribution in [-0.2, 0) is 4.74 Å². The number of ether oxygens (including phenoxy) is 1. The van der Waals surface area contributed by atoms with Crippen LogP contribution in [0.25, 0.3) is 28.1 Å². The molecule has 0 aliphatic rings. The predicted octanol–water partition coefficient (Wildman–Crippen LogP) is 7.09. The van der Waals surface area contributed by atoms with Crippen LogP contribution in [0.5, 0.6) is 0 Å². The zero-order valence-electron chi connectivity index (χ0n) is 18.2. The number of pyridine rings is 1. The van der Waals surface area contributed by atoms with Gasteiger partial charge in [-0.3, -0.25) is 0 Å². The zero-order valence-corrected chi connectivity index (χ0v) is 19.0. The lowest BCUT2D eigenvalue weighted by atomic mass is 10.0. The third-order valence-electron chi connectivity index (χ3n) is 5.07. The lowest BCUT2D eigenvalue weighted by Crippen LogP contribution is -2.36. The molecule has 1 aromatic heterocycles. The van der Waals surface area contributed by atoms with Crippen molar-refractivity contribution in [1.29, 1.82) is 0 Å². The van der Waals surface area contributed by atoms with Gasteiger partial charge in [0, 0.05) is 29.8 Å². The first-order chi connectivity index (χ1) is 15.7. The number of benzene rings is 3. The van der Waals surface area contributed by atoms with Crippen molar-refractivity contribution in [2.45, 2.75) is 18.9 Å². The maximum absolute atomic E-state index is 10.1. The van der Waals surface area contributed by atoms with E-state index in [2.05, 4.69) is 84.3 Å². The van der Waals surface area contributed by atoms with Crippen molar-refractivity contribution in [3.63, 3.8) is 0 Å². The SMILES string of the molecule is CCOC(O)=CSc1cc(-c2ccccc2)cc(-c2ccccc2)[n+]1-c1ccc(C)cc1. The minimum absolute atomic E-state index is 0.0840. The normalized spacial score (nSPS) is 11.4. The van der Waals surface area contributed by atoms with E-state index in [1.54, 1.807) is 5.41 Å². The molecule has 0 fully saturated rings. The summed E-state index contributed by atoms with van der Waals surface area (Å²) in [6, 6.07) is 33.6. The smallest absolute Gasteiger partial charge is 0.283 e. The molecule has 160 valence electrons. The molecule has 1 N–H and O–H groups in total. The van der Waals surface area contributed by atoms with Crippen molar-refractivity contribution < 1.29 is 14.4 Å². The van der Waals surface area contributed by atoms with Gasteiger partial charge in [-0.25, -0.2) is 0 Å². The van der Waals surface area contributed by atoms with Gasteiger partial charge >= 0.3 is 0 Å². The zero-order chi connectivity index (χ0) is 22.3. The van der Waals surface area contributed by atoms with Gasteiger partial charge in [0.15, 0.2) is 0 Å². The number of aliphatic hydroxyl groups is 1. The van der Waals surface area contributed by atoms with E-state index in [-0.39, 0.29) is 5.95 Å². The number of hydrogen-bond acceptors (Lipinski definition) is 3. The van der Waals surface area contributed by atoms with Crippen molar-refractivity contribution in [3.05, 3.63) is 114 Å². The first kappa shape index (κ1) is 21.7. The molecule has 0 saturated heterocycles. The number of nitrogens with zero attached hydrogens (tertiary/aromatic N) is 1. The van der Waals surface area contributed by atoms with E-state index in [0.717, 1.165) is 33.1 Å². The van der Waals surface area contributed by atoms with Gasteiger partial charge in [-0.05, 0) is 48.9 Å². The van der Waals surface area contributed by atoms with Crippen LogP contribution in [0, 0.1) is 6.92 Å². The topological polar surface area (TPSA) is 33.3 Å². The Hall–Kier alpha value is -3.50. The summed E-state index contributed by atoms with van der Waals surface area (Å²) in [5.74, 6) is -0.0840. The highest BCUT2D eigenvalue weighted by molar-refractivity contribution is 8.02. The average Bonchev–Trinajstić information content (AvgIpc) is 2.84. The molecule has 4 heteroatoms. The van der Waals surface area contributed by atoms with E-state index in [1.807, 2.05) is 31.2 Å². The van der Waals surface area contributed by atoms with Crippen molar-refractivity contribution >= 4 is 11.8 Å². The number of thioether (sulfide) groups is 1. The molecule has 3 aromatic carbocycles. The molecule has 0 amide bonds. The molecule has 1 heterocycles. The molecular formula is C28H26NO2S+.